The molecule has 2 nitrogen and oxygen atoms in total. The Morgan fingerprint density at radius 1 is 1.21 bits per heavy atom. The number of amides is 1. The molecule has 1 aromatic rings. The minimum Gasteiger partial charge on any atom is -0.315 e. The number of nitrogens with zero attached hydrogens (tertiary/aromatic N) is 1. The fraction of sp³-hybridized carbons (Fsp3) is 0.588. The zero-order valence-electron chi connectivity index (χ0n) is 12.5. The van der Waals surface area contributed by atoms with Crippen LogP contribution in [0.5, 0.6) is 0 Å². The predicted octanol–water partition coefficient (Wildman–Crippen LogP) is 3.97. The maximum absolute atomic E-state index is 12.8. The van der Waals surface area contributed by atoms with Crippen LogP contribution in [-0.4, -0.2) is 13.0 Å². The monoisotopic (exact) mass is 259 g/mol. The Morgan fingerprint density at radius 2 is 1.84 bits per heavy atom. The fourth-order valence-electron chi connectivity index (χ4n) is 3.41. The number of hydrogen-bond acceptors (Lipinski definition) is 1. The number of anilines is 1. The van der Waals surface area contributed by atoms with Crippen molar-refractivity contribution in [2.45, 2.75) is 33.6 Å². The van der Waals surface area contributed by atoms with E-state index in [0.29, 0.717) is 17.8 Å². The normalized spacial score (nSPS) is 26.7. The van der Waals surface area contributed by atoms with Gasteiger partial charge in [0.05, 0.1) is 0 Å². The number of rotatable bonds is 3. The van der Waals surface area contributed by atoms with E-state index in [1.807, 2.05) is 42.3 Å². The third-order valence-electron chi connectivity index (χ3n) is 4.65. The average molecular weight is 259 g/mol. The van der Waals surface area contributed by atoms with Crippen molar-refractivity contribution in [2.24, 2.45) is 23.7 Å². The van der Waals surface area contributed by atoms with E-state index in [1.54, 1.807) is 0 Å². The lowest BCUT2D eigenvalue weighted by molar-refractivity contribution is -0.124. The van der Waals surface area contributed by atoms with Crippen LogP contribution >= 0.6 is 0 Å². The molecule has 0 unspecified atom stereocenters. The van der Waals surface area contributed by atoms with Crippen molar-refractivity contribution in [3.05, 3.63) is 30.3 Å². The van der Waals surface area contributed by atoms with E-state index in [0.717, 1.165) is 5.69 Å². The Balaban J connectivity index is 2.18. The van der Waals surface area contributed by atoms with Gasteiger partial charge in [-0.25, -0.2) is 0 Å². The minimum atomic E-state index is 0.185. The second-order valence-corrected chi connectivity index (χ2v) is 6.22. The molecule has 2 rings (SSSR count). The molecule has 0 radical (unpaired) electrons. The Kier molecular flexibility index (Phi) is 4.28. The van der Waals surface area contributed by atoms with Gasteiger partial charge in [-0.1, -0.05) is 39.0 Å². The summed E-state index contributed by atoms with van der Waals surface area (Å²) in [6.45, 7) is 6.71. The zero-order chi connectivity index (χ0) is 14.0. The molecular weight excluding hydrogens is 234 g/mol. The summed E-state index contributed by atoms with van der Waals surface area (Å²) < 4.78 is 0. The first-order chi connectivity index (χ1) is 9.02. The van der Waals surface area contributed by atoms with E-state index in [4.69, 9.17) is 0 Å². The van der Waals surface area contributed by atoms with Gasteiger partial charge >= 0.3 is 0 Å². The molecule has 0 aromatic heterocycles. The first-order valence-electron chi connectivity index (χ1n) is 7.35. The maximum atomic E-state index is 12.8. The second kappa shape index (κ2) is 5.77. The Morgan fingerprint density at radius 3 is 2.42 bits per heavy atom. The molecule has 1 aliphatic rings. The van der Waals surface area contributed by atoms with Gasteiger partial charge in [0.25, 0.3) is 0 Å². The summed E-state index contributed by atoms with van der Waals surface area (Å²) in [4.78, 5) is 14.6. The highest BCUT2D eigenvalue weighted by Gasteiger charge is 2.41. The van der Waals surface area contributed by atoms with Crippen molar-refractivity contribution in [1.82, 2.24) is 0 Å². The van der Waals surface area contributed by atoms with E-state index in [-0.39, 0.29) is 11.8 Å². The van der Waals surface area contributed by atoms with Crippen LogP contribution < -0.4 is 4.90 Å². The van der Waals surface area contributed by atoms with Crippen molar-refractivity contribution in [1.29, 1.82) is 0 Å². The van der Waals surface area contributed by atoms with Crippen LogP contribution in [0, 0.1) is 23.7 Å². The van der Waals surface area contributed by atoms with Crippen molar-refractivity contribution >= 4 is 11.6 Å². The number of benzene rings is 1. The summed E-state index contributed by atoms with van der Waals surface area (Å²) in [5.74, 6) is 2.10. The molecule has 0 heterocycles. The van der Waals surface area contributed by atoms with Gasteiger partial charge < -0.3 is 4.90 Å². The lowest BCUT2D eigenvalue weighted by Crippen LogP contribution is -2.38. The minimum absolute atomic E-state index is 0.185. The first kappa shape index (κ1) is 14.1. The van der Waals surface area contributed by atoms with Crippen LogP contribution in [0.15, 0.2) is 30.3 Å². The Hall–Kier alpha value is -1.31. The summed E-state index contributed by atoms with van der Waals surface area (Å²) in [6.07, 6.45) is 2.37. The molecule has 0 saturated heterocycles. The summed E-state index contributed by atoms with van der Waals surface area (Å²) >= 11 is 0. The fourth-order valence-corrected chi connectivity index (χ4v) is 3.41. The quantitative estimate of drug-likeness (QED) is 0.804. The van der Waals surface area contributed by atoms with E-state index in [2.05, 4.69) is 20.8 Å². The number of carbonyl (C=O) groups excluding carboxylic acids is 1. The third-order valence-corrected chi connectivity index (χ3v) is 4.65. The van der Waals surface area contributed by atoms with E-state index < -0.39 is 0 Å². The van der Waals surface area contributed by atoms with Crippen LogP contribution in [0.1, 0.15) is 33.6 Å². The lowest BCUT2D eigenvalue weighted by atomic mass is 9.82. The van der Waals surface area contributed by atoms with Gasteiger partial charge in [-0.3, -0.25) is 4.79 Å². The highest BCUT2D eigenvalue weighted by Crippen LogP contribution is 2.42. The predicted molar refractivity (Wildman–Crippen MR) is 80.1 cm³/mol. The molecule has 0 spiro atoms. The second-order valence-electron chi connectivity index (χ2n) is 6.22. The summed E-state index contributed by atoms with van der Waals surface area (Å²) in [5.41, 5.74) is 0.995. The average Bonchev–Trinajstić information content (AvgIpc) is 2.80. The molecule has 1 aromatic carbocycles. The van der Waals surface area contributed by atoms with Gasteiger partial charge in [0, 0.05) is 18.7 Å². The molecule has 1 aliphatic carbocycles. The van der Waals surface area contributed by atoms with Crippen molar-refractivity contribution in [3.63, 3.8) is 0 Å². The maximum Gasteiger partial charge on any atom is 0.230 e. The molecule has 1 amide bonds. The van der Waals surface area contributed by atoms with Gasteiger partial charge in [-0.05, 0) is 42.7 Å². The molecule has 2 heteroatoms. The van der Waals surface area contributed by atoms with Crippen molar-refractivity contribution in [2.75, 3.05) is 11.9 Å². The van der Waals surface area contributed by atoms with Crippen molar-refractivity contribution < 1.29 is 4.79 Å². The summed E-state index contributed by atoms with van der Waals surface area (Å²) in [6, 6.07) is 9.95. The third kappa shape index (κ3) is 2.83. The first-order valence-corrected chi connectivity index (χ1v) is 7.35. The SMILES string of the molecule is CC(C)[C@H]1CC[C@@H](C)[C@@H]1C(=O)N(C)c1ccccc1. The van der Waals surface area contributed by atoms with E-state index in [1.165, 1.54) is 12.8 Å². The molecule has 19 heavy (non-hydrogen) atoms. The number of hydrogen-bond donors (Lipinski definition) is 0. The van der Waals surface area contributed by atoms with Crippen LogP contribution in [-0.2, 0) is 4.79 Å². The molecule has 0 aliphatic heterocycles. The van der Waals surface area contributed by atoms with Crippen molar-refractivity contribution in [3.8, 4) is 0 Å². The Bertz CT molecular complexity index is 426. The number of carbonyl (C=O) groups is 1. The molecule has 0 bridgehead atoms. The topological polar surface area (TPSA) is 20.3 Å². The van der Waals surface area contributed by atoms with Crippen LogP contribution in [0.25, 0.3) is 0 Å². The highest BCUT2D eigenvalue weighted by molar-refractivity contribution is 5.95. The molecule has 1 fully saturated rings. The lowest BCUT2D eigenvalue weighted by Gasteiger charge is -2.29. The zero-order valence-corrected chi connectivity index (χ0v) is 12.5. The summed E-state index contributed by atoms with van der Waals surface area (Å²) in [7, 11) is 1.90. The van der Waals surface area contributed by atoms with Crippen LogP contribution in [0.4, 0.5) is 5.69 Å². The smallest absolute Gasteiger partial charge is 0.230 e. The largest absolute Gasteiger partial charge is 0.315 e. The van der Waals surface area contributed by atoms with Crippen LogP contribution in [0.2, 0.25) is 0 Å². The molecular formula is C17H25NO. The van der Waals surface area contributed by atoms with E-state index in [9.17, 15) is 4.79 Å². The molecule has 104 valence electrons. The van der Waals surface area contributed by atoms with Gasteiger partial charge in [0.2, 0.25) is 5.91 Å². The summed E-state index contributed by atoms with van der Waals surface area (Å²) in [5, 5.41) is 0. The van der Waals surface area contributed by atoms with Gasteiger partial charge in [-0.2, -0.15) is 0 Å². The Labute approximate surface area is 116 Å². The standard InChI is InChI=1S/C17H25NO/c1-12(2)15-11-10-13(3)16(15)17(19)18(4)14-8-6-5-7-9-14/h5-9,12-13,15-16H,10-11H2,1-4H3/t13-,15-,16+/m1/s1. The number of para-hydroxylation sites is 1. The van der Waals surface area contributed by atoms with Gasteiger partial charge in [-0.15, -0.1) is 0 Å². The highest BCUT2D eigenvalue weighted by atomic mass is 16.2. The van der Waals surface area contributed by atoms with E-state index >= 15 is 0 Å². The van der Waals surface area contributed by atoms with Crippen LogP contribution in [0.3, 0.4) is 0 Å². The van der Waals surface area contributed by atoms with Gasteiger partial charge in [0.1, 0.15) is 0 Å². The molecule has 1 saturated carbocycles. The van der Waals surface area contributed by atoms with Gasteiger partial charge in [0.15, 0.2) is 0 Å². The molecule has 3 atom stereocenters. The molecule has 0 N–H and O–H groups in total.